The molecule has 5 aromatic rings. The van der Waals surface area contributed by atoms with Gasteiger partial charge < -0.3 is 0 Å². The fourth-order valence-electron chi connectivity index (χ4n) is 5.61. The minimum atomic E-state index is 0.996. The summed E-state index contributed by atoms with van der Waals surface area (Å²) in [5.74, 6) is 0. The van der Waals surface area contributed by atoms with E-state index in [4.69, 9.17) is 0 Å². The largest absolute Gasteiger partial charge is 0.0984 e. The molecule has 0 fully saturated rings. The van der Waals surface area contributed by atoms with E-state index < -0.39 is 0 Å². The van der Waals surface area contributed by atoms with Crippen LogP contribution in [0.25, 0.3) is 68.5 Å². The van der Waals surface area contributed by atoms with E-state index in [0.29, 0.717) is 0 Å². The highest BCUT2D eigenvalue weighted by Crippen LogP contribution is 2.45. The Labute approximate surface area is 226 Å². The van der Waals surface area contributed by atoms with Crippen LogP contribution in [0.3, 0.4) is 0 Å². The van der Waals surface area contributed by atoms with Crippen LogP contribution in [0.1, 0.15) is 34.7 Å². The summed E-state index contributed by atoms with van der Waals surface area (Å²) >= 11 is 0. The van der Waals surface area contributed by atoms with Gasteiger partial charge in [0.1, 0.15) is 0 Å². The lowest BCUT2D eigenvalue weighted by molar-refractivity contribution is 1.14. The zero-order chi connectivity index (χ0) is 26.6. The summed E-state index contributed by atoms with van der Waals surface area (Å²) in [6, 6.07) is 32.3. The van der Waals surface area contributed by atoms with Gasteiger partial charge in [-0.2, -0.15) is 0 Å². The van der Waals surface area contributed by atoms with Gasteiger partial charge in [-0.1, -0.05) is 149 Å². The van der Waals surface area contributed by atoms with Crippen LogP contribution in [0, 0.1) is 0 Å². The normalized spacial score (nSPS) is 10.8. The van der Waals surface area contributed by atoms with E-state index in [0.717, 1.165) is 50.9 Å². The molecule has 5 aromatic carbocycles. The van der Waals surface area contributed by atoms with Gasteiger partial charge in [0, 0.05) is 0 Å². The van der Waals surface area contributed by atoms with Crippen molar-refractivity contribution in [2.75, 3.05) is 0 Å². The first kappa shape index (κ1) is 25.0. The Morgan fingerprint density at radius 1 is 0.500 bits per heavy atom. The fourth-order valence-corrected chi connectivity index (χ4v) is 5.61. The smallest absolute Gasteiger partial charge is 0.00203 e. The van der Waals surface area contributed by atoms with E-state index in [1.165, 1.54) is 27.5 Å². The maximum atomic E-state index is 4.26. The molecule has 0 unspecified atom stereocenters. The van der Waals surface area contributed by atoms with Gasteiger partial charge in [0.25, 0.3) is 0 Å². The van der Waals surface area contributed by atoms with E-state index in [-0.39, 0.29) is 0 Å². The summed E-state index contributed by atoms with van der Waals surface area (Å²) < 4.78 is 0. The predicted molar refractivity (Wildman–Crippen MR) is 170 cm³/mol. The first-order valence-electron chi connectivity index (χ1n) is 13.1. The minimum absolute atomic E-state index is 0.996. The van der Waals surface area contributed by atoms with Crippen molar-refractivity contribution in [3.05, 3.63) is 145 Å². The zero-order valence-corrected chi connectivity index (χ0v) is 22.0. The molecule has 0 bridgehead atoms. The number of aryl methyl sites for hydroxylation is 1. The summed E-state index contributed by atoms with van der Waals surface area (Å²) in [7, 11) is 0. The molecule has 0 heterocycles. The van der Waals surface area contributed by atoms with Gasteiger partial charge >= 0.3 is 0 Å². The van der Waals surface area contributed by atoms with Crippen molar-refractivity contribution in [1.82, 2.24) is 0 Å². The number of hydrogen-bond acceptors (Lipinski definition) is 0. The molecule has 0 N–H and O–H groups in total. The quantitative estimate of drug-likeness (QED) is 0.204. The average Bonchev–Trinajstić information content (AvgIpc) is 2.99. The van der Waals surface area contributed by atoms with E-state index in [2.05, 4.69) is 118 Å². The van der Waals surface area contributed by atoms with Crippen molar-refractivity contribution < 1.29 is 0 Å². The fraction of sp³-hybridized carbons (Fsp3) is 0.0526. The van der Waals surface area contributed by atoms with Crippen LogP contribution in [-0.4, -0.2) is 0 Å². The van der Waals surface area contributed by atoms with Gasteiger partial charge in [0.2, 0.25) is 0 Å². The molecule has 0 radical (unpaired) electrons. The van der Waals surface area contributed by atoms with Crippen molar-refractivity contribution in [3.8, 4) is 33.4 Å². The summed E-state index contributed by atoms with van der Waals surface area (Å²) in [5.41, 5.74) is 12.5. The first-order chi connectivity index (χ1) is 18.7. The van der Waals surface area contributed by atoms with Gasteiger partial charge in [-0.25, -0.2) is 0 Å². The summed E-state index contributed by atoms with van der Waals surface area (Å²) in [6.07, 6.45) is 8.83. The number of hydrogen-bond donors (Lipinski definition) is 0. The lowest BCUT2D eigenvalue weighted by Gasteiger charge is -2.22. The number of fused-ring (bicyclic) bond motifs is 1. The molecule has 0 aliphatic rings. The van der Waals surface area contributed by atoms with Crippen LogP contribution in [0.15, 0.2) is 117 Å². The van der Waals surface area contributed by atoms with E-state index >= 15 is 0 Å². The molecule has 0 heteroatoms. The van der Waals surface area contributed by atoms with Gasteiger partial charge in [-0.3, -0.25) is 0 Å². The molecule has 38 heavy (non-hydrogen) atoms. The molecule has 0 saturated carbocycles. The van der Waals surface area contributed by atoms with E-state index in [9.17, 15) is 0 Å². The van der Waals surface area contributed by atoms with Crippen molar-refractivity contribution in [2.24, 2.45) is 0 Å². The topological polar surface area (TPSA) is 0 Å². The molecule has 0 atom stereocenters. The third kappa shape index (κ3) is 4.15. The Bertz CT molecular complexity index is 1700. The molecule has 5 rings (SSSR count). The molecule has 0 nitrogen and oxygen atoms in total. The van der Waals surface area contributed by atoms with Gasteiger partial charge in [0.15, 0.2) is 0 Å². The van der Waals surface area contributed by atoms with Gasteiger partial charge in [-0.05, 0) is 78.4 Å². The Morgan fingerprint density at radius 3 is 1.66 bits per heavy atom. The molecule has 0 aliphatic carbocycles. The second-order valence-electron chi connectivity index (χ2n) is 9.35. The van der Waals surface area contributed by atoms with Crippen molar-refractivity contribution in [1.29, 1.82) is 0 Å². The van der Waals surface area contributed by atoms with Crippen LogP contribution in [-0.2, 0) is 6.42 Å². The predicted octanol–water partition coefficient (Wildman–Crippen LogP) is 11.0. The summed E-state index contributed by atoms with van der Waals surface area (Å²) in [6.45, 7) is 19.1. The highest BCUT2D eigenvalue weighted by molar-refractivity contribution is 6.12. The lowest BCUT2D eigenvalue weighted by atomic mass is 9.80. The van der Waals surface area contributed by atoms with Crippen molar-refractivity contribution in [3.63, 3.8) is 0 Å². The molecule has 0 aromatic heterocycles. The maximum Gasteiger partial charge on any atom is -0.00203 e. The monoisotopic (exact) mass is 488 g/mol. The SMILES string of the molecule is C=Cc1c(-c2cccc(CC)c2)ccc(-c2c(C=C)c(C=C)c(-c3ccccc3)c3ccccc23)c1C=C. The number of benzene rings is 5. The van der Waals surface area contributed by atoms with Gasteiger partial charge in [0.05, 0.1) is 0 Å². The van der Waals surface area contributed by atoms with E-state index in [1.807, 2.05) is 30.4 Å². The van der Waals surface area contributed by atoms with Crippen molar-refractivity contribution >= 4 is 35.1 Å². The maximum absolute atomic E-state index is 4.26. The number of rotatable bonds is 8. The highest BCUT2D eigenvalue weighted by Gasteiger charge is 2.21. The third-order valence-corrected chi connectivity index (χ3v) is 7.38. The summed E-state index contributed by atoms with van der Waals surface area (Å²) in [5, 5.41) is 2.36. The van der Waals surface area contributed by atoms with E-state index in [1.54, 1.807) is 0 Å². The first-order valence-corrected chi connectivity index (χ1v) is 13.1. The molecule has 184 valence electrons. The summed E-state index contributed by atoms with van der Waals surface area (Å²) in [4.78, 5) is 0. The van der Waals surface area contributed by atoms with Crippen LogP contribution in [0.4, 0.5) is 0 Å². The van der Waals surface area contributed by atoms with Crippen LogP contribution < -0.4 is 0 Å². The highest BCUT2D eigenvalue weighted by atomic mass is 14.2. The second-order valence-corrected chi connectivity index (χ2v) is 9.35. The molecular weight excluding hydrogens is 456 g/mol. The van der Waals surface area contributed by atoms with Crippen molar-refractivity contribution in [2.45, 2.75) is 13.3 Å². The average molecular weight is 489 g/mol. The minimum Gasteiger partial charge on any atom is -0.0984 e. The second kappa shape index (κ2) is 10.7. The Kier molecular flexibility index (Phi) is 7.07. The molecule has 0 saturated heterocycles. The standard InChI is InChI=1S/C38H32/c1-6-26-17-16-20-28(25-26)33-23-24-36(30(8-3)29(33)7-2)38-32(10-5)31(9-4)37(27-18-12-11-13-19-27)34-21-14-15-22-35(34)38/h7-25H,2-6H2,1H3. The lowest BCUT2D eigenvalue weighted by Crippen LogP contribution is -1.99. The third-order valence-electron chi connectivity index (χ3n) is 7.38. The zero-order valence-electron chi connectivity index (χ0n) is 22.0. The Morgan fingerprint density at radius 2 is 1.03 bits per heavy atom. The molecule has 0 spiro atoms. The molecule has 0 amide bonds. The molecule has 0 aliphatic heterocycles. The van der Waals surface area contributed by atoms with Crippen LogP contribution in [0.2, 0.25) is 0 Å². The Balaban J connectivity index is 1.89. The Hall–Kier alpha value is -4.68. The van der Waals surface area contributed by atoms with Crippen LogP contribution >= 0.6 is 0 Å². The molecular formula is C38H32. The van der Waals surface area contributed by atoms with Crippen LogP contribution in [0.5, 0.6) is 0 Å². The van der Waals surface area contributed by atoms with Gasteiger partial charge in [-0.15, -0.1) is 0 Å².